The molecule has 0 unspecified atom stereocenters. The number of sulfonamides is 1. The van der Waals surface area contributed by atoms with Crippen LogP contribution in [0.2, 0.25) is 0 Å². The molecule has 168 valence electrons. The number of methoxy groups -OCH3 is 2. The van der Waals surface area contributed by atoms with Crippen LogP contribution in [-0.4, -0.2) is 35.1 Å². The molecule has 1 atom stereocenters. The zero-order chi connectivity index (χ0) is 23.1. The lowest BCUT2D eigenvalue weighted by molar-refractivity contribution is -0.120. The van der Waals surface area contributed by atoms with E-state index in [4.69, 9.17) is 9.47 Å². The van der Waals surface area contributed by atoms with Crippen LogP contribution in [0.5, 0.6) is 11.5 Å². The van der Waals surface area contributed by atoms with E-state index in [1.54, 1.807) is 30.3 Å². The van der Waals surface area contributed by atoms with Crippen LogP contribution in [0.1, 0.15) is 18.5 Å². The van der Waals surface area contributed by atoms with E-state index in [1.165, 1.54) is 32.4 Å². The predicted octanol–water partition coefficient (Wildman–Crippen LogP) is 3.78. The Labute approximate surface area is 188 Å². The van der Waals surface area contributed by atoms with Crippen LogP contribution in [-0.2, 0) is 14.8 Å². The zero-order valence-electron chi connectivity index (χ0n) is 18.2. The fraction of sp³-hybridized carbons (Fsp3) is 0.208. The summed E-state index contributed by atoms with van der Waals surface area (Å²) in [4.78, 5) is 13.0. The minimum atomic E-state index is -4.02. The summed E-state index contributed by atoms with van der Waals surface area (Å²) in [5.74, 6) is 0.377. The lowest BCUT2D eigenvalue weighted by Crippen LogP contribution is -2.41. The van der Waals surface area contributed by atoms with Gasteiger partial charge in [-0.3, -0.25) is 9.10 Å². The predicted molar refractivity (Wildman–Crippen MR) is 124 cm³/mol. The Morgan fingerprint density at radius 2 is 1.50 bits per heavy atom. The van der Waals surface area contributed by atoms with Crippen molar-refractivity contribution in [2.24, 2.45) is 0 Å². The Kier molecular flexibility index (Phi) is 7.37. The van der Waals surface area contributed by atoms with Crippen molar-refractivity contribution in [2.75, 3.05) is 25.1 Å². The Balaban J connectivity index is 1.95. The average Bonchev–Trinajstić information content (AvgIpc) is 2.83. The Morgan fingerprint density at radius 3 is 2.09 bits per heavy atom. The van der Waals surface area contributed by atoms with Gasteiger partial charge in [-0.15, -0.1) is 0 Å². The molecule has 1 N–H and O–H groups in total. The minimum absolute atomic E-state index is 0.0821. The Bertz CT molecular complexity index is 1150. The maximum atomic E-state index is 13.5. The highest BCUT2D eigenvalue weighted by molar-refractivity contribution is 7.92. The van der Waals surface area contributed by atoms with Crippen molar-refractivity contribution in [3.05, 3.63) is 84.4 Å². The van der Waals surface area contributed by atoms with Crippen LogP contribution >= 0.6 is 0 Å². The maximum absolute atomic E-state index is 13.5. The first-order chi connectivity index (χ1) is 15.4. The molecule has 0 aliphatic heterocycles. The molecule has 0 saturated carbocycles. The van der Waals surface area contributed by atoms with Gasteiger partial charge in [-0.25, -0.2) is 8.42 Å². The van der Waals surface area contributed by atoms with Crippen molar-refractivity contribution in [3.8, 4) is 11.5 Å². The van der Waals surface area contributed by atoms with E-state index in [1.807, 2.05) is 37.3 Å². The number of hydrogen-bond acceptors (Lipinski definition) is 5. The second-order valence-corrected chi connectivity index (χ2v) is 8.93. The van der Waals surface area contributed by atoms with Gasteiger partial charge in [0.15, 0.2) is 11.5 Å². The highest BCUT2D eigenvalue weighted by Gasteiger charge is 2.28. The molecule has 0 aliphatic rings. The van der Waals surface area contributed by atoms with Gasteiger partial charge in [-0.05, 0) is 36.8 Å². The Morgan fingerprint density at radius 1 is 0.906 bits per heavy atom. The van der Waals surface area contributed by atoms with E-state index < -0.39 is 22.5 Å². The second-order valence-electron chi connectivity index (χ2n) is 7.06. The van der Waals surface area contributed by atoms with Gasteiger partial charge < -0.3 is 14.8 Å². The van der Waals surface area contributed by atoms with Crippen molar-refractivity contribution in [3.63, 3.8) is 0 Å². The van der Waals surface area contributed by atoms with Gasteiger partial charge in [0.2, 0.25) is 5.91 Å². The van der Waals surface area contributed by atoms with Crippen LogP contribution in [0.4, 0.5) is 5.69 Å². The van der Waals surface area contributed by atoms with E-state index >= 15 is 0 Å². The average molecular weight is 455 g/mol. The summed E-state index contributed by atoms with van der Waals surface area (Å²) in [6.07, 6.45) is 0. The first kappa shape index (κ1) is 23.1. The maximum Gasteiger partial charge on any atom is 0.264 e. The first-order valence-electron chi connectivity index (χ1n) is 10.0. The third-order valence-corrected chi connectivity index (χ3v) is 6.74. The van der Waals surface area contributed by atoms with Crippen LogP contribution in [0, 0.1) is 0 Å². The van der Waals surface area contributed by atoms with Crippen molar-refractivity contribution in [1.82, 2.24) is 5.32 Å². The van der Waals surface area contributed by atoms with Gasteiger partial charge >= 0.3 is 0 Å². The topological polar surface area (TPSA) is 84.9 Å². The standard InChI is InChI=1S/C24H26N2O5S/c1-18(19-10-6-4-7-11-19)25-24(27)17-26(32(28,29)21-12-8-5-9-13-21)20-14-15-22(30-2)23(16-20)31-3/h4-16,18H,17H2,1-3H3,(H,25,27)/t18-/m0/s1. The molecule has 7 nitrogen and oxygen atoms in total. The van der Waals surface area contributed by atoms with Crippen molar-refractivity contribution in [2.45, 2.75) is 17.9 Å². The van der Waals surface area contributed by atoms with Crippen molar-refractivity contribution in [1.29, 1.82) is 0 Å². The molecule has 0 aliphatic carbocycles. The number of nitrogens with one attached hydrogen (secondary N) is 1. The van der Waals surface area contributed by atoms with Gasteiger partial charge in [0.1, 0.15) is 6.54 Å². The number of amides is 1. The summed E-state index contributed by atoms with van der Waals surface area (Å²) in [7, 11) is -1.06. The number of anilines is 1. The zero-order valence-corrected chi connectivity index (χ0v) is 19.0. The van der Waals surface area contributed by atoms with E-state index in [2.05, 4.69) is 5.32 Å². The monoisotopic (exact) mass is 454 g/mol. The lowest BCUT2D eigenvalue weighted by Gasteiger charge is -2.25. The minimum Gasteiger partial charge on any atom is -0.493 e. The third-order valence-electron chi connectivity index (χ3n) is 4.95. The number of carbonyl (C=O) groups excluding carboxylic acids is 1. The number of rotatable bonds is 9. The molecular formula is C24H26N2O5S. The summed E-state index contributed by atoms with van der Waals surface area (Å²) in [5.41, 5.74) is 1.21. The number of nitrogens with zero attached hydrogens (tertiary/aromatic N) is 1. The second kappa shape index (κ2) is 10.2. The summed E-state index contributed by atoms with van der Waals surface area (Å²) in [6, 6.07) is 21.9. The number of ether oxygens (including phenoxy) is 2. The fourth-order valence-corrected chi connectivity index (χ4v) is 4.69. The summed E-state index contributed by atoms with van der Waals surface area (Å²) < 4.78 is 38.5. The van der Waals surface area contributed by atoms with Crippen LogP contribution in [0.3, 0.4) is 0 Å². The molecule has 0 radical (unpaired) electrons. The smallest absolute Gasteiger partial charge is 0.264 e. The van der Waals surface area contributed by atoms with Gasteiger partial charge in [-0.2, -0.15) is 0 Å². The molecule has 0 aromatic heterocycles. The van der Waals surface area contributed by atoms with Gasteiger partial charge in [0.05, 0.1) is 30.8 Å². The molecule has 3 aromatic rings. The molecule has 32 heavy (non-hydrogen) atoms. The summed E-state index contributed by atoms with van der Waals surface area (Å²) >= 11 is 0. The van der Waals surface area contributed by atoms with E-state index in [0.717, 1.165) is 9.87 Å². The fourth-order valence-electron chi connectivity index (χ4n) is 3.26. The molecule has 3 rings (SSSR count). The first-order valence-corrected chi connectivity index (χ1v) is 11.4. The van der Waals surface area contributed by atoms with Crippen LogP contribution in [0.25, 0.3) is 0 Å². The van der Waals surface area contributed by atoms with Gasteiger partial charge in [0, 0.05) is 6.07 Å². The molecule has 3 aromatic carbocycles. The molecule has 0 fully saturated rings. The van der Waals surface area contributed by atoms with Gasteiger partial charge in [0.25, 0.3) is 10.0 Å². The number of carbonyl (C=O) groups is 1. The Hall–Kier alpha value is -3.52. The SMILES string of the molecule is COc1ccc(N(CC(=O)N[C@@H](C)c2ccccc2)S(=O)(=O)c2ccccc2)cc1OC. The van der Waals surface area contributed by atoms with Crippen molar-refractivity contribution < 1.29 is 22.7 Å². The number of hydrogen-bond donors (Lipinski definition) is 1. The normalized spacial score (nSPS) is 12.0. The highest BCUT2D eigenvalue weighted by Crippen LogP contribution is 2.33. The molecule has 0 heterocycles. The molecule has 1 amide bonds. The summed E-state index contributed by atoms with van der Waals surface area (Å²) in [6.45, 7) is 1.45. The number of benzene rings is 3. The van der Waals surface area contributed by atoms with Crippen LogP contribution < -0.4 is 19.1 Å². The molecule has 0 saturated heterocycles. The summed E-state index contributed by atoms with van der Waals surface area (Å²) in [5, 5.41) is 2.87. The quantitative estimate of drug-likeness (QED) is 0.532. The third kappa shape index (κ3) is 5.20. The molecule has 0 bridgehead atoms. The van der Waals surface area contributed by atoms with Crippen LogP contribution in [0.15, 0.2) is 83.8 Å². The van der Waals surface area contributed by atoms with Gasteiger partial charge in [-0.1, -0.05) is 48.5 Å². The van der Waals surface area contributed by atoms with E-state index in [9.17, 15) is 13.2 Å². The molecular weight excluding hydrogens is 428 g/mol. The molecule has 8 heteroatoms. The lowest BCUT2D eigenvalue weighted by atomic mass is 10.1. The van der Waals surface area contributed by atoms with E-state index in [0.29, 0.717) is 11.5 Å². The molecule has 0 spiro atoms. The highest BCUT2D eigenvalue weighted by atomic mass is 32.2. The van der Waals surface area contributed by atoms with Crippen molar-refractivity contribution >= 4 is 21.6 Å². The largest absolute Gasteiger partial charge is 0.493 e. The van der Waals surface area contributed by atoms with E-state index in [-0.39, 0.29) is 16.6 Å².